The van der Waals surface area contributed by atoms with E-state index in [0.717, 1.165) is 37.7 Å². The van der Waals surface area contributed by atoms with Crippen LogP contribution in [0.1, 0.15) is 53.2 Å². The number of alkyl halides is 3. The number of fused-ring (bicyclic) bond motifs is 1. The predicted molar refractivity (Wildman–Crippen MR) is 121 cm³/mol. The quantitative estimate of drug-likeness (QED) is 0.643. The number of piperidine rings is 1. The van der Waals surface area contributed by atoms with E-state index in [-0.39, 0.29) is 34.2 Å². The number of carbonyl (C=O) groups is 2. The molecule has 2 amide bonds. The van der Waals surface area contributed by atoms with Crippen molar-refractivity contribution in [1.29, 1.82) is 0 Å². The number of hydrogen-bond donors (Lipinski definition) is 1. The molecule has 1 unspecified atom stereocenters. The van der Waals surface area contributed by atoms with Crippen LogP contribution in [0.3, 0.4) is 0 Å². The van der Waals surface area contributed by atoms with E-state index in [4.69, 9.17) is 0 Å². The SMILES string of the molecule is CS(=O)(=O)c1cccc(C(=O)N2[C@@H](C(=O)NC(c3ccc(C(F)(F)F)cc3)C3CC3)C[C@H]3C[C@H]32)c1. The summed E-state index contributed by atoms with van der Waals surface area (Å²) in [4.78, 5) is 28.3. The predicted octanol–water partition coefficient (Wildman–Crippen LogP) is 3.98. The lowest BCUT2D eigenvalue weighted by atomic mass is 9.99. The number of carbonyl (C=O) groups excluding carboxylic acids is 2. The fourth-order valence-corrected chi connectivity index (χ4v) is 5.69. The second-order valence-corrected chi connectivity index (χ2v) is 11.8. The van der Waals surface area contributed by atoms with Crippen LogP contribution in [-0.2, 0) is 20.8 Å². The molecule has 0 spiro atoms. The van der Waals surface area contributed by atoms with E-state index in [2.05, 4.69) is 5.32 Å². The summed E-state index contributed by atoms with van der Waals surface area (Å²) in [5, 5.41) is 3.00. The Kier molecular flexibility index (Phi) is 5.69. The number of benzene rings is 2. The highest BCUT2D eigenvalue weighted by atomic mass is 32.2. The molecule has 10 heteroatoms. The van der Waals surface area contributed by atoms with Gasteiger partial charge in [0.05, 0.1) is 16.5 Å². The van der Waals surface area contributed by atoms with Gasteiger partial charge in [-0.15, -0.1) is 0 Å². The fraction of sp³-hybridized carbons (Fsp3) is 0.440. The summed E-state index contributed by atoms with van der Waals surface area (Å²) >= 11 is 0. The van der Waals surface area contributed by atoms with Crippen molar-refractivity contribution in [3.8, 4) is 0 Å². The van der Waals surface area contributed by atoms with E-state index in [0.29, 0.717) is 12.0 Å². The van der Waals surface area contributed by atoms with Crippen molar-refractivity contribution in [3.63, 3.8) is 0 Å². The molecule has 35 heavy (non-hydrogen) atoms. The Labute approximate surface area is 201 Å². The van der Waals surface area contributed by atoms with Crippen molar-refractivity contribution in [1.82, 2.24) is 10.2 Å². The Morgan fingerprint density at radius 3 is 2.34 bits per heavy atom. The number of hydrogen-bond acceptors (Lipinski definition) is 4. The molecule has 1 heterocycles. The van der Waals surface area contributed by atoms with Crippen molar-refractivity contribution in [3.05, 3.63) is 65.2 Å². The third-order valence-electron chi connectivity index (χ3n) is 7.14. The molecule has 6 nitrogen and oxygen atoms in total. The van der Waals surface area contributed by atoms with Crippen molar-refractivity contribution in [2.45, 2.75) is 54.9 Å². The molecule has 2 aromatic carbocycles. The number of nitrogens with one attached hydrogen (secondary N) is 1. The van der Waals surface area contributed by atoms with Crippen LogP contribution >= 0.6 is 0 Å². The van der Waals surface area contributed by atoms with Gasteiger partial charge in [-0.25, -0.2) is 8.42 Å². The Bertz CT molecular complexity index is 1270. The molecule has 1 N–H and O–H groups in total. The average molecular weight is 507 g/mol. The minimum atomic E-state index is -4.43. The first kappa shape index (κ1) is 23.8. The normalized spacial score (nSPS) is 24.6. The molecule has 0 aromatic heterocycles. The fourth-order valence-electron chi connectivity index (χ4n) is 5.02. The first-order chi connectivity index (χ1) is 16.4. The van der Waals surface area contributed by atoms with Gasteiger partial charge in [0.25, 0.3) is 5.91 Å². The van der Waals surface area contributed by atoms with Gasteiger partial charge in [0, 0.05) is 17.9 Å². The Hall–Kier alpha value is -2.88. The van der Waals surface area contributed by atoms with Gasteiger partial charge in [-0.1, -0.05) is 18.2 Å². The topological polar surface area (TPSA) is 83.6 Å². The standard InChI is InChI=1S/C25H25F3N2O4S/c1-35(33,34)19-4-2-3-16(11-19)24(32)30-20-12-17(20)13-21(30)23(31)29-22(14-5-6-14)15-7-9-18(10-8-15)25(26,27)28/h2-4,7-11,14,17,20-22H,5-6,12-13H2,1H3,(H,29,31)/t17-,20-,21-,22?/m1/s1. The van der Waals surface area contributed by atoms with Gasteiger partial charge in [0.2, 0.25) is 5.91 Å². The summed E-state index contributed by atoms with van der Waals surface area (Å²) in [6.07, 6.45) is -0.327. The number of amides is 2. The van der Waals surface area contributed by atoms with Crippen molar-refractivity contribution in [2.75, 3.05) is 6.26 Å². The summed E-state index contributed by atoms with van der Waals surface area (Å²) in [6.45, 7) is 0. The molecule has 1 aliphatic heterocycles. The highest BCUT2D eigenvalue weighted by molar-refractivity contribution is 7.90. The number of nitrogens with zero attached hydrogens (tertiary/aromatic N) is 1. The molecule has 3 aliphatic rings. The van der Waals surface area contributed by atoms with Crippen LogP contribution in [0.25, 0.3) is 0 Å². The van der Waals surface area contributed by atoms with Crippen LogP contribution in [-0.4, -0.2) is 43.5 Å². The maximum atomic E-state index is 13.4. The zero-order chi connectivity index (χ0) is 25.1. The summed E-state index contributed by atoms with van der Waals surface area (Å²) in [7, 11) is -3.50. The minimum Gasteiger partial charge on any atom is -0.347 e. The zero-order valence-electron chi connectivity index (χ0n) is 19.0. The number of sulfone groups is 1. The summed E-state index contributed by atoms with van der Waals surface area (Å²) in [5.74, 6) is -0.361. The van der Waals surface area contributed by atoms with Crippen LogP contribution < -0.4 is 5.32 Å². The van der Waals surface area contributed by atoms with E-state index < -0.39 is 39.6 Å². The van der Waals surface area contributed by atoms with Crippen molar-refractivity contribution in [2.24, 2.45) is 11.8 Å². The lowest BCUT2D eigenvalue weighted by Crippen LogP contribution is -2.49. The Balaban J connectivity index is 1.35. The monoisotopic (exact) mass is 506 g/mol. The van der Waals surface area contributed by atoms with Gasteiger partial charge < -0.3 is 10.2 Å². The van der Waals surface area contributed by atoms with Gasteiger partial charge in [-0.05, 0) is 73.4 Å². The molecule has 2 saturated carbocycles. The third-order valence-corrected chi connectivity index (χ3v) is 8.25. The van der Waals surface area contributed by atoms with Gasteiger partial charge >= 0.3 is 6.18 Å². The summed E-state index contributed by atoms with van der Waals surface area (Å²) in [5.41, 5.74) is 0.0709. The maximum absolute atomic E-state index is 13.4. The molecular weight excluding hydrogens is 481 g/mol. The van der Waals surface area contributed by atoms with E-state index in [1.165, 1.54) is 36.4 Å². The maximum Gasteiger partial charge on any atom is 0.416 e. The number of halogens is 3. The van der Waals surface area contributed by atoms with E-state index in [1.54, 1.807) is 4.90 Å². The molecule has 4 atom stereocenters. The lowest BCUT2D eigenvalue weighted by Gasteiger charge is -2.29. The zero-order valence-corrected chi connectivity index (χ0v) is 19.8. The van der Waals surface area contributed by atoms with Gasteiger partial charge in [-0.3, -0.25) is 9.59 Å². The molecular formula is C25H25F3N2O4S. The van der Waals surface area contributed by atoms with Gasteiger partial charge in [0.1, 0.15) is 6.04 Å². The van der Waals surface area contributed by atoms with E-state index in [9.17, 15) is 31.2 Å². The van der Waals surface area contributed by atoms with E-state index >= 15 is 0 Å². The molecule has 1 saturated heterocycles. The lowest BCUT2D eigenvalue weighted by molar-refractivity contribution is -0.137. The molecule has 186 valence electrons. The smallest absolute Gasteiger partial charge is 0.347 e. The van der Waals surface area contributed by atoms with Crippen LogP contribution in [0.15, 0.2) is 53.4 Å². The second-order valence-electron chi connectivity index (χ2n) is 9.77. The van der Waals surface area contributed by atoms with Crippen molar-refractivity contribution >= 4 is 21.7 Å². The number of rotatable bonds is 6. The molecule has 0 radical (unpaired) electrons. The third kappa shape index (κ3) is 4.80. The molecule has 5 rings (SSSR count). The van der Waals surface area contributed by atoms with E-state index in [1.807, 2.05) is 0 Å². The first-order valence-electron chi connectivity index (χ1n) is 11.5. The Morgan fingerprint density at radius 1 is 1.06 bits per heavy atom. The van der Waals surface area contributed by atoms with Gasteiger partial charge in [-0.2, -0.15) is 13.2 Å². The highest BCUT2D eigenvalue weighted by Gasteiger charge is 2.56. The number of likely N-dealkylation sites (tertiary alicyclic amines) is 1. The summed E-state index contributed by atoms with van der Waals surface area (Å²) in [6, 6.07) is 9.45. The van der Waals surface area contributed by atoms with Gasteiger partial charge in [0.15, 0.2) is 9.84 Å². The molecule has 2 aliphatic carbocycles. The summed E-state index contributed by atoms with van der Waals surface area (Å²) < 4.78 is 62.7. The van der Waals surface area contributed by atoms with Crippen LogP contribution in [0.2, 0.25) is 0 Å². The molecule has 3 fully saturated rings. The average Bonchev–Trinajstić information content (AvgIpc) is 3.74. The van der Waals surface area contributed by atoms with Crippen molar-refractivity contribution < 1.29 is 31.2 Å². The molecule has 0 bridgehead atoms. The minimum absolute atomic E-state index is 0.0343. The largest absolute Gasteiger partial charge is 0.416 e. The second kappa shape index (κ2) is 8.36. The van der Waals surface area contributed by atoms with Crippen LogP contribution in [0.5, 0.6) is 0 Å². The highest BCUT2D eigenvalue weighted by Crippen LogP contribution is 2.49. The van der Waals surface area contributed by atoms with Crippen LogP contribution in [0.4, 0.5) is 13.2 Å². The Morgan fingerprint density at radius 2 is 1.74 bits per heavy atom. The first-order valence-corrected chi connectivity index (χ1v) is 13.4. The molecule has 2 aromatic rings. The van der Waals surface area contributed by atoms with Crippen LogP contribution in [0, 0.1) is 11.8 Å².